The summed E-state index contributed by atoms with van der Waals surface area (Å²) in [5, 5.41) is 20.8. The van der Waals surface area contributed by atoms with E-state index in [1.54, 1.807) is 18.5 Å². The van der Waals surface area contributed by atoms with Gasteiger partial charge in [0.25, 0.3) is 0 Å². The van der Waals surface area contributed by atoms with Crippen molar-refractivity contribution in [1.29, 1.82) is 0 Å². The van der Waals surface area contributed by atoms with Gasteiger partial charge >= 0.3 is 5.97 Å². The molecule has 156 valence electrons. The molecule has 0 bridgehead atoms. The van der Waals surface area contributed by atoms with Gasteiger partial charge in [0.05, 0.1) is 16.3 Å². The van der Waals surface area contributed by atoms with Crippen LogP contribution in [0.25, 0.3) is 11.4 Å². The van der Waals surface area contributed by atoms with E-state index in [1.165, 1.54) is 12.1 Å². The molecule has 4 rings (SSSR count). The first-order valence-corrected chi connectivity index (χ1v) is 9.64. The minimum atomic E-state index is -1.06. The lowest BCUT2D eigenvalue weighted by Gasteiger charge is -2.24. The maximum atomic E-state index is 13.6. The van der Waals surface area contributed by atoms with Crippen LogP contribution < -0.4 is 9.80 Å². The Morgan fingerprint density at radius 2 is 1.87 bits per heavy atom. The lowest BCUT2D eigenvalue weighted by Crippen LogP contribution is -2.31. The molecule has 1 N–H and O–H groups in total. The highest BCUT2D eigenvalue weighted by atomic mass is 35.5. The average molecular weight is 433 g/mol. The normalized spacial score (nSPS) is 14.6. The SMILES string of the molecule is O=C(O)Cn1nnc(-c2cnc(N3CCCN(c4cc(F)ccc4Cl)CC3)nc2)n1. The van der Waals surface area contributed by atoms with Gasteiger partial charge in [0.2, 0.25) is 11.8 Å². The van der Waals surface area contributed by atoms with Crippen LogP contribution in [0.2, 0.25) is 5.02 Å². The largest absolute Gasteiger partial charge is 0.480 e. The van der Waals surface area contributed by atoms with Crippen molar-refractivity contribution in [2.24, 2.45) is 0 Å². The zero-order chi connectivity index (χ0) is 21.1. The number of hydrogen-bond donors (Lipinski definition) is 1. The number of hydrogen-bond acceptors (Lipinski definition) is 8. The Labute approximate surface area is 175 Å². The van der Waals surface area contributed by atoms with Gasteiger partial charge in [-0.25, -0.2) is 14.4 Å². The van der Waals surface area contributed by atoms with Crippen LogP contribution in [0.3, 0.4) is 0 Å². The maximum Gasteiger partial charge on any atom is 0.327 e. The summed E-state index contributed by atoms with van der Waals surface area (Å²) in [6.07, 6.45) is 4.00. The standard InChI is InChI=1S/C18H18ClFN8O2/c19-14-3-2-13(20)8-15(14)26-4-1-5-27(7-6-26)18-21-9-12(10-22-18)17-23-25-28(24-17)11-16(29)30/h2-3,8-10H,1,4-7,11H2,(H,29,30). The molecule has 0 unspecified atom stereocenters. The summed E-state index contributed by atoms with van der Waals surface area (Å²) in [5.74, 6) is -0.557. The fourth-order valence-electron chi connectivity index (χ4n) is 3.23. The molecule has 30 heavy (non-hydrogen) atoms. The van der Waals surface area contributed by atoms with Crippen molar-refractivity contribution in [2.75, 3.05) is 36.0 Å². The molecule has 1 aliphatic rings. The Hall–Kier alpha value is -3.34. The number of carboxylic acid groups (broad SMARTS) is 1. The zero-order valence-corrected chi connectivity index (χ0v) is 16.6. The van der Waals surface area contributed by atoms with Gasteiger partial charge in [-0.05, 0) is 29.8 Å². The summed E-state index contributed by atoms with van der Waals surface area (Å²) in [7, 11) is 0. The molecule has 0 aliphatic carbocycles. The number of benzene rings is 1. The van der Waals surface area contributed by atoms with Crippen molar-refractivity contribution in [3.63, 3.8) is 0 Å². The predicted octanol–water partition coefficient (Wildman–Crippen LogP) is 1.72. The highest BCUT2D eigenvalue weighted by Crippen LogP contribution is 2.28. The van der Waals surface area contributed by atoms with E-state index in [-0.39, 0.29) is 18.2 Å². The van der Waals surface area contributed by atoms with Crippen LogP contribution in [0, 0.1) is 5.82 Å². The number of carbonyl (C=O) groups is 1. The van der Waals surface area contributed by atoms with Crippen LogP contribution in [-0.2, 0) is 11.3 Å². The van der Waals surface area contributed by atoms with Gasteiger partial charge in [-0.1, -0.05) is 11.6 Å². The second kappa shape index (κ2) is 8.57. The maximum absolute atomic E-state index is 13.6. The van der Waals surface area contributed by atoms with E-state index in [1.807, 2.05) is 4.90 Å². The Morgan fingerprint density at radius 1 is 1.13 bits per heavy atom. The Balaban J connectivity index is 1.44. The second-order valence-electron chi connectivity index (χ2n) is 6.73. The van der Waals surface area contributed by atoms with Crippen LogP contribution >= 0.6 is 11.6 Å². The zero-order valence-electron chi connectivity index (χ0n) is 15.8. The summed E-state index contributed by atoms with van der Waals surface area (Å²) >= 11 is 6.24. The quantitative estimate of drug-likeness (QED) is 0.643. The van der Waals surface area contributed by atoms with Crippen LogP contribution in [0.5, 0.6) is 0 Å². The molecular formula is C18H18ClFN8O2. The Kier molecular flexibility index (Phi) is 5.70. The molecule has 0 spiro atoms. The van der Waals surface area contributed by atoms with Crippen LogP contribution in [0.15, 0.2) is 30.6 Å². The number of halogens is 2. The molecule has 1 saturated heterocycles. The number of tetrazole rings is 1. The number of nitrogens with zero attached hydrogens (tertiary/aromatic N) is 8. The average Bonchev–Trinajstić information content (AvgIpc) is 3.04. The van der Waals surface area contributed by atoms with Gasteiger partial charge in [-0.3, -0.25) is 4.79 Å². The number of aromatic nitrogens is 6. The van der Waals surface area contributed by atoms with E-state index in [0.29, 0.717) is 35.3 Å². The lowest BCUT2D eigenvalue weighted by atomic mass is 10.2. The summed E-state index contributed by atoms with van der Waals surface area (Å²) in [5.41, 5.74) is 1.23. The fraction of sp³-hybridized carbons (Fsp3) is 0.333. The molecule has 1 aliphatic heterocycles. The molecule has 12 heteroatoms. The first kappa shape index (κ1) is 20.0. The molecular weight excluding hydrogens is 415 g/mol. The Bertz CT molecular complexity index is 1040. The number of anilines is 2. The van der Waals surface area contributed by atoms with Crippen molar-refractivity contribution in [1.82, 2.24) is 30.2 Å². The molecule has 2 aromatic heterocycles. The summed E-state index contributed by atoms with van der Waals surface area (Å²) in [6, 6.07) is 4.37. The number of carboxylic acids is 1. The van der Waals surface area contributed by atoms with E-state index < -0.39 is 5.97 Å². The van der Waals surface area contributed by atoms with Crippen LogP contribution in [0.4, 0.5) is 16.0 Å². The smallest absolute Gasteiger partial charge is 0.327 e. The van der Waals surface area contributed by atoms with Gasteiger partial charge < -0.3 is 14.9 Å². The van der Waals surface area contributed by atoms with Gasteiger partial charge in [-0.2, -0.15) is 4.80 Å². The highest BCUT2D eigenvalue weighted by molar-refractivity contribution is 6.33. The second-order valence-corrected chi connectivity index (χ2v) is 7.14. The van der Waals surface area contributed by atoms with Crippen molar-refractivity contribution in [3.05, 3.63) is 41.4 Å². The molecule has 1 fully saturated rings. The van der Waals surface area contributed by atoms with E-state index >= 15 is 0 Å². The third-order valence-corrected chi connectivity index (χ3v) is 4.97. The number of rotatable bonds is 5. The van der Waals surface area contributed by atoms with E-state index in [9.17, 15) is 9.18 Å². The third-order valence-electron chi connectivity index (χ3n) is 4.65. The minimum absolute atomic E-state index is 0.255. The first-order chi connectivity index (χ1) is 14.5. The monoisotopic (exact) mass is 432 g/mol. The molecule has 0 radical (unpaired) electrons. The molecule has 0 amide bonds. The summed E-state index contributed by atoms with van der Waals surface area (Å²) in [4.78, 5) is 24.6. The van der Waals surface area contributed by atoms with E-state index in [2.05, 4.69) is 30.3 Å². The van der Waals surface area contributed by atoms with E-state index in [4.69, 9.17) is 16.7 Å². The van der Waals surface area contributed by atoms with Crippen molar-refractivity contribution >= 4 is 29.2 Å². The molecule has 0 saturated carbocycles. The van der Waals surface area contributed by atoms with Gasteiger partial charge in [0.1, 0.15) is 5.82 Å². The Morgan fingerprint density at radius 3 is 2.63 bits per heavy atom. The van der Waals surface area contributed by atoms with E-state index in [0.717, 1.165) is 24.3 Å². The predicted molar refractivity (Wildman–Crippen MR) is 107 cm³/mol. The van der Waals surface area contributed by atoms with Crippen LogP contribution in [-0.4, -0.2) is 67.4 Å². The number of aliphatic carboxylic acids is 1. The lowest BCUT2D eigenvalue weighted by molar-refractivity contribution is -0.138. The molecule has 1 aromatic carbocycles. The third kappa shape index (κ3) is 4.46. The highest BCUT2D eigenvalue weighted by Gasteiger charge is 2.19. The van der Waals surface area contributed by atoms with Crippen LogP contribution in [0.1, 0.15) is 6.42 Å². The van der Waals surface area contributed by atoms with Crippen molar-refractivity contribution in [3.8, 4) is 11.4 Å². The first-order valence-electron chi connectivity index (χ1n) is 9.26. The van der Waals surface area contributed by atoms with Gasteiger partial charge in [-0.15, -0.1) is 10.2 Å². The topological polar surface area (TPSA) is 113 Å². The molecule has 3 aromatic rings. The molecule has 0 atom stereocenters. The van der Waals surface area contributed by atoms with Crippen molar-refractivity contribution in [2.45, 2.75) is 13.0 Å². The van der Waals surface area contributed by atoms with Gasteiger partial charge in [0.15, 0.2) is 6.54 Å². The summed E-state index contributed by atoms with van der Waals surface area (Å²) < 4.78 is 13.6. The molecule has 3 heterocycles. The fourth-order valence-corrected chi connectivity index (χ4v) is 3.47. The minimum Gasteiger partial charge on any atom is -0.480 e. The molecule has 10 nitrogen and oxygen atoms in total. The van der Waals surface area contributed by atoms with Crippen molar-refractivity contribution < 1.29 is 14.3 Å². The van der Waals surface area contributed by atoms with Gasteiger partial charge in [0, 0.05) is 38.6 Å². The summed E-state index contributed by atoms with van der Waals surface area (Å²) in [6.45, 7) is 2.42.